The van der Waals surface area contributed by atoms with Crippen LogP contribution < -0.4 is 15.4 Å². The maximum Gasteiger partial charge on any atom is 0.121 e. The molecule has 0 heterocycles. The van der Waals surface area contributed by atoms with Gasteiger partial charge in [-0.05, 0) is 19.1 Å². The standard InChI is InChI=1S/C14H24N2O3/c1-11(10-18-3)16(7-8-17-2)14-9-12(19-4)5-6-13(14)15/h5-6,9,11H,7-8,10,15H2,1-4H3. The van der Waals surface area contributed by atoms with Crippen LogP contribution in [0.5, 0.6) is 5.75 Å². The highest BCUT2D eigenvalue weighted by Gasteiger charge is 2.17. The van der Waals surface area contributed by atoms with Crippen molar-refractivity contribution in [2.45, 2.75) is 13.0 Å². The van der Waals surface area contributed by atoms with Crippen molar-refractivity contribution in [2.75, 3.05) is 51.7 Å². The van der Waals surface area contributed by atoms with Crippen LogP contribution in [0, 0.1) is 0 Å². The highest BCUT2D eigenvalue weighted by molar-refractivity contribution is 5.70. The van der Waals surface area contributed by atoms with Gasteiger partial charge in [0.25, 0.3) is 0 Å². The molecular formula is C14H24N2O3. The van der Waals surface area contributed by atoms with Gasteiger partial charge in [-0.3, -0.25) is 0 Å². The van der Waals surface area contributed by atoms with Gasteiger partial charge < -0.3 is 24.8 Å². The van der Waals surface area contributed by atoms with Gasteiger partial charge in [-0.1, -0.05) is 0 Å². The molecule has 1 aromatic rings. The molecule has 0 amide bonds. The van der Waals surface area contributed by atoms with Crippen molar-refractivity contribution in [3.8, 4) is 5.75 Å². The molecule has 0 radical (unpaired) electrons. The average molecular weight is 268 g/mol. The highest BCUT2D eigenvalue weighted by Crippen LogP contribution is 2.29. The molecule has 0 aromatic heterocycles. The molecule has 2 N–H and O–H groups in total. The molecule has 5 heteroatoms. The maximum atomic E-state index is 6.07. The molecule has 19 heavy (non-hydrogen) atoms. The van der Waals surface area contributed by atoms with Crippen molar-refractivity contribution < 1.29 is 14.2 Å². The number of nitrogen functional groups attached to an aromatic ring is 1. The van der Waals surface area contributed by atoms with E-state index in [4.69, 9.17) is 19.9 Å². The van der Waals surface area contributed by atoms with Gasteiger partial charge in [0.05, 0.1) is 31.7 Å². The van der Waals surface area contributed by atoms with Crippen molar-refractivity contribution in [2.24, 2.45) is 0 Å². The number of benzene rings is 1. The van der Waals surface area contributed by atoms with Crippen molar-refractivity contribution in [3.05, 3.63) is 18.2 Å². The van der Waals surface area contributed by atoms with Crippen LogP contribution in [0.3, 0.4) is 0 Å². The second kappa shape index (κ2) is 7.86. The van der Waals surface area contributed by atoms with Gasteiger partial charge in [-0.25, -0.2) is 0 Å². The predicted molar refractivity (Wildman–Crippen MR) is 78.0 cm³/mol. The summed E-state index contributed by atoms with van der Waals surface area (Å²) in [4.78, 5) is 2.17. The van der Waals surface area contributed by atoms with E-state index in [1.165, 1.54) is 0 Å². The molecule has 0 fully saturated rings. The topological polar surface area (TPSA) is 57.0 Å². The summed E-state index contributed by atoms with van der Waals surface area (Å²) in [6.07, 6.45) is 0. The highest BCUT2D eigenvalue weighted by atomic mass is 16.5. The van der Waals surface area contributed by atoms with Gasteiger partial charge in [0.1, 0.15) is 5.75 Å². The Kier molecular flexibility index (Phi) is 6.45. The number of nitrogens with zero attached hydrogens (tertiary/aromatic N) is 1. The fraction of sp³-hybridized carbons (Fsp3) is 0.571. The number of ether oxygens (including phenoxy) is 3. The molecule has 0 aliphatic rings. The fourth-order valence-corrected chi connectivity index (χ4v) is 2.00. The first-order chi connectivity index (χ1) is 9.13. The molecule has 0 aliphatic heterocycles. The quantitative estimate of drug-likeness (QED) is 0.728. The summed E-state index contributed by atoms with van der Waals surface area (Å²) in [7, 11) is 5.03. The van der Waals surface area contributed by atoms with Crippen molar-refractivity contribution >= 4 is 11.4 Å². The van der Waals surface area contributed by atoms with Crippen LogP contribution in [0.2, 0.25) is 0 Å². The zero-order chi connectivity index (χ0) is 14.3. The minimum Gasteiger partial charge on any atom is -0.497 e. The van der Waals surface area contributed by atoms with Crippen molar-refractivity contribution in [1.29, 1.82) is 0 Å². The van der Waals surface area contributed by atoms with Crippen molar-refractivity contribution in [3.63, 3.8) is 0 Å². The molecule has 1 aromatic carbocycles. The molecule has 1 atom stereocenters. The molecule has 0 spiro atoms. The number of methoxy groups -OCH3 is 3. The number of rotatable bonds is 8. The van der Waals surface area contributed by atoms with E-state index < -0.39 is 0 Å². The first kappa shape index (κ1) is 15.6. The SMILES string of the molecule is COCCN(c1cc(OC)ccc1N)C(C)COC. The normalized spacial score (nSPS) is 12.2. The van der Waals surface area contributed by atoms with Crippen LogP contribution in [-0.2, 0) is 9.47 Å². The second-order valence-electron chi connectivity index (χ2n) is 4.42. The smallest absolute Gasteiger partial charge is 0.121 e. The Hall–Kier alpha value is -1.46. The lowest BCUT2D eigenvalue weighted by atomic mass is 10.2. The fourth-order valence-electron chi connectivity index (χ4n) is 2.00. The number of nitrogens with two attached hydrogens (primary N) is 1. The molecule has 0 saturated carbocycles. The summed E-state index contributed by atoms with van der Waals surface area (Å²) in [6, 6.07) is 5.86. The molecule has 1 rings (SSSR count). The Morgan fingerprint density at radius 3 is 2.53 bits per heavy atom. The summed E-state index contributed by atoms with van der Waals surface area (Å²) in [5.41, 5.74) is 7.74. The van der Waals surface area contributed by atoms with Gasteiger partial charge in [-0.15, -0.1) is 0 Å². The number of hydrogen-bond acceptors (Lipinski definition) is 5. The van der Waals surface area contributed by atoms with Gasteiger partial charge in [-0.2, -0.15) is 0 Å². The maximum absolute atomic E-state index is 6.07. The zero-order valence-electron chi connectivity index (χ0n) is 12.2. The van der Waals surface area contributed by atoms with E-state index in [1.807, 2.05) is 18.2 Å². The Morgan fingerprint density at radius 1 is 1.21 bits per heavy atom. The van der Waals surface area contributed by atoms with Crippen molar-refractivity contribution in [1.82, 2.24) is 0 Å². The molecule has 108 valence electrons. The average Bonchev–Trinajstić information content (AvgIpc) is 2.41. The first-order valence-electron chi connectivity index (χ1n) is 6.32. The summed E-state index contributed by atoms with van der Waals surface area (Å²) in [5, 5.41) is 0. The third-order valence-corrected chi connectivity index (χ3v) is 3.02. The van der Waals surface area contributed by atoms with E-state index >= 15 is 0 Å². The Balaban J connectivity index is 3.00. The van der Waals surface area contributed by atoms with Crippen LogP contribution in [0.15, 0.2) is 18.2 Å². The van der Waals surface area contributed by atoms with E-state index in [0.717, 1.165) is 23.7 Å². The predicted octanol–water partition coefficient (Wildman–Crippen LogP) is 1.77. The van der Waals surface area contributed by atoms with E-state index in [0.29, 0.717) is 13.2 Å². The van der Waals surface area contributed by atoms with Gasteiger partial charge in [0.15, 0.2) is 0 Å². The molecule has 0 bridgehead atoms. The first-order valence-corrected chi connectivity index (χ1v) is 6.32. The summed E-state index contributed by atoms with van der Waals surface area (Å²) in [6.45, 7) is 4.10. The summed E-state index contributed by atoms with van der Waals surface area (Å²) >= 11 is 0. The van der Waals surface area contributed by atoms with Crippen LogP contribution in [-0.4, -0.2) is 47.1 Å². The summed E-state index contributed by atoms with van der Waals surface area (Å²) < 4.78 is 15.7. The Labute approximate surface area is 115 Å². The van der Waals surface area contributed by atoms with Crippen LogP contribution in [0.1, 0.15) is 6.92 Å². The van der Waals surface area contributed by atoms with E-state index in [-0.39, 0.29) is 6.04 Å². The van der Waals surface area contributed by atoms with Gasteiger partial charge in [0.2, 0.25) is 0 Å². The zero-order valence-corrected chi connectivity index (χ0v) is 12.2. The van der Waals surface area contributed by atoms with Crippen LogP contribution >= 0.6 is 0 Å². The van der Waals surface area contributed by atoms with Gasteiger partial charge in [0, 0.05) is 32.9 Å². The molecule has 1 unspecified atom stereocenters. The monoisotopic (exact) mass is 268 g/mol. The minimum absolute atomic E-state index is 0.203. The van der Waals surface area contributed by atoms with E-state index in [2.05, 4.69) is 11.8 Å². The third-order valence-electron chi connectivity index (χ3n) is 3.02. The minimum atomic E-state index is 0.203. The third kappa shape index (κ3) is 4.29. The lowest BCUT2D eigenvalue weighted by Gasteiger charge is -2.32. The molecular weight excluding hydrogens is 244 g/mol. The molecule has 0 saturated heterocycles. The van der Waals surface area contributed by atoms with Crippen LogP contribution in [0.4, 0.5) is 11.4 Å². The van der Waals surface area contributed by atoms with E-state index in [1.54, 1.807) is 21.3 Å². The van der Waals surface area contributed by atoms with E-state index in [9.17, 15) is 0 Å². The Bertz CT molecular complexity index is 385. The Morgan fingerprint density at radius 2 is 1.95 bits per heavy atom. The number of anilines is 2. The lowest BCUT2D eigenvalue weighted by molar-refractivity contribution is 0.171. The van der Waals surface area contributed by atoms with Gasteiger partial charge >= 0.3 is 0 Å². The molecule has 5 nitrogen and oxygen atoms in total. The summed E-state index contributed by atoms with van der Waals surface area (Å²) in [5.74, 6) is 0.788. The lowest BCUT2D eigenvalue weighted by Crippen LogP contribution is -2.39. The molecule has 0 aliphatic carbocycles. The second-order valence-corrected chi connectivity index (χ2v) is 4.42. The van der Waals surface area contributed by atoms with Crippen LogP contribution in [0.25, 0.3) is 0 Å². The number of hydrogen-bond donors (Lipinski definition) is 1. The largest absolute Gasteiger partial charge is 0.497 e.